The number of nitrogens with one attached hydrogen (secondary N) is 1. The first-order valence-electron chi connectivity index (χ1n) is 8.03. The average Bonchev–Trinajstić information content (AvgIpc) is 2.46. The van der Waals surface area contributed by atoms with Gasteiger partial charge in [0.2, 0.25) is 0 Å². The van der Waals surface area contributed by atoms with E-state index >= 15 is 0 Å². The quantitative estimate of drug-likeness (QED) is 0.866. The number of aliphatic hydroxyl groups excluding tert-OH is 1. The Bertz CT molecular complexity index is 406. The Morgan fingerprint density at radius 1 is 1.05 bits per heavy atom. The molecule has 1 saturated carbocycles. The molecule has 3 rings (SSSR count). The first-order valence-corrected chi connectivity index (χ1v) is 8.03. The van der Waals surface area contributed by atoms with Gasteiger partial charge in [-0.25, -0.2) is 0 Å². The van der Waals surface area contributed by atoms with Crippen LogP contribution in [0.4, 0.5) is 5.69 Å². The summed E-state index contributed by atoms with van der Waals surface area (Å²) in [5, 5.41) is 12.8. The molecular formula is C17H26N2O. The van der Waals surface area contributed by atoms with Crippen LogP contribution in [0.25, 0.3) is 0 Å². The Morgan fingerprint density at radius 3 is 2.30 bits per heavy atom. The van der Waals surface area contributed by atoms with Gasteiger partial charge in [-0.3, -0.25) is 0 Å². The van der Waals surface area contributed by atoms with E-state index in [1.54, 1.807) is 0 Å². The van der Waals surface area contributed by atoms with Crippen LogP contribution in [0, 0.1) is 5.92 Å². The van der Waals surface area contributed by atoms with Crippen molar-refractivity contribution in [1.29, 1.82) is 0 Å². The minimum atomic E-state index is 0.347. The maximum absolute atomic E-state index is 9.19. The maximum atomic E-state index is 9.19. The van der Waals surface area contributed by atoms with Gasteiger partial charge in [0, 0.05) is 38.0 Å². The molecule has 3 nitrogen and oxygen atoms in total. The number of benzene rings is 1. The minimum absolute atomic E-state index is 0.347. The predicted octanol–water partition coefficient (Wildman–Crippen LogP) is 2.54. The average molecular weight is 274 g/mol. The summed E-state index contributed by atoms with van der Waals surface area (Å²) in [6, 6.07) is 9.75. The van der Waals surface area contributed by atoms with Crippen LogP contribution in [-0.4, -0.2) is 30.8 Å². The van der Waals surface area contributed by atoms with E-state index in [1.165, 1.54) is 30.5 Å². The fraction of sp³-hybridized carbons (Fsp3) is 0.647. The summed E-state index contributed by atoms with van der Waals surface area (Å²) in [4.78, 5) is 2.44. The summed E-state index contributed by atoms with van der Waals surface area (Å²) in [6.07, 6.45) is 6.30. The lowest BCUT2D eigenvalue weighted by atomic mass is 9.93. The van der Waals surface area contributed by atoms with Crippen molar-refractivity contribution in [2.24, 2.45) is 5.92 Å². The third-order valence-corrected chi connectivity index (χ3v) is 4.87. The van der Waals surface area contributed by atoms with Gasteiger partial charge in [0.25, 0.3) is 0 Å². The normalized spacial score (nSPS) is 20.9. The smallest absolute Gasteiger partial charge is 0.0460 e. The van der Waals surface area contributed by atoms with E-state index < -0.39 is 0 Å². The zero-order valence-corrected chi connectivity index (χ0v) is 12.2. The van der Waals surface area contributed by atoms with Crippen molar-refractivity contribution in [3.63, 3.8) is 0 Å². The summed E-state index contributed by atoms with van der Waals surface area (Å²) in [5.41, 5.74) is 2.71. The molecule has 1 aliphatic heterocycles. The van der Waals surface area contributed by atoms with E-state index in [-0.39, 0.29) is 0 Å². The highest BCUT2D eigenvalue weighted by Crippen LogP contribution is 2.23. The number of rotatable bonds is 5. The van der Waals surface area contributed by atoms with Gasteiger partial charge in [-0.05, 0) is 49.3 Å². The molecule has 3 heteroatoms. The minimum Gasteiger partial charge on any atom is -0.396 e. The zero-order chi connectivity index (χ0) is 13.8. The highest BCUT2D eigenvalue weighted by molar-refractivity contribution is 5.48. The van der Waals surface area contributed by atoms with Crippen LogP contribution in [0.3, 0.4) is 0 Å². The third kappa shape index (κ3) is 3.33. The molecule has 0 bridgehead atoms. The Hall–Kier alpha value is -1.06. The van der Waals surface area contributed by atoms with E-state index in [0.29, 0.717) is 12.5 Å². The number of nitrogens with zero attached hydrogens (tertiary/aromatic N) is 1. The van der Waals surface area contributed by atoms with Crippen LogP contribution in [-0.2, 0) is 6.54 Å². The maximum Gasteiger partial charge on any atom is 0.0460 e. The highest BCUT2D eigenvalue weighted by atomic mass is 16.3. The molecule has 1 aromatic carbocycles. The first-order chi connectivity index (χ1) is 9.85. The molecule has 0 radical (unpaired) electrons. The Morgan fingerprint density at radius 2 is 1.75 bits per heavy atom. The van der Waals surface area contributed by atoms with Gasteiger partial charge in [0.15, 0.2) is 0 Å². The van der Waals surface area contributed by atoms with E-state index in [4.69, 9.17) is 0 Å². The number of aliphatic hydroxyl groups is 1. The summed E-state index contributed by atoms with van der Waals surface area (Å²) < 4.78 is 0. The molecule has 1 aliphatic carbocycles. The Labute approximate surface area is 122 Å². The van der Waals surface area contributed by atoms with Crippen molar-refractivity contribution >= 4 is 5.69 Å². The molecule has 0 unspecified atom stereocenters. The topological polar surface area (TPSA) is 35.5 Å². The van der Waals surface area contributed by atoms with E-state index in [0.717, 1.165) is 38.5 Å². The van der Waals surface area contributed by atoms with Crippen LogP contribution in [0.15, 0.2) is 24.3 Å². The molecular weight excluding hydrogens is 248 g/mol. The predicted molar refractivity (Wildman–Crippen MR) is 82.9 cm³/mol. The lowest BCUT2D eigenvalue weighted by Gasteiger charge is -2.33. The summed E-state index contributed by atoms with van der Waals surface area (Å²) in [7, 11) is 0. The second kappa shape index (κ2) is 6.59. The second-order valence-electron chi connectivity index (χ2n) is 6.29. The van der Waals surface area contributed by atoms with Crippen molar-refractivity contribution in [1.82, 2.24) is 5.32 Å². The van der Waals surface area contributed by atoms with E-state index in [1.807, 2.05) is 0 Å². The largest absolute Gasteiger partial charge is 0.396 e. The molecule has 2 N–H and O–H groups in total. The number of hydrogen-bond donors (Lipinski definition) is 2. The molecule has 0 amide bonds. The van der Waals surface area contributed by atoms with Crippen LogP contribution >= 0.6 is 0 Å². The molecule has 1 aromatic rings. The van der Waals surface area contributed by atoms with Gasteiger partial charge in [0.05, 0.1) is 0 Å². The van der Waals surface area contributed by atoms with Crippen molar-refractivity contribution in [2.45, 2.75) is 44.7 Å². The summed E-state index contributed by atoms with van der Waals surface area (Å²) in [5.74, 6) is 0.511. The highest BCUT2D eigenvalue weighted by Gasteiger charge is 2.19. The summed E-state index contributed by atoms with van der Waals surface area (Å²) >= 11 is 0. The van der Waals surface area contributed by atoms with Gasteiger partial charge < -0.3 is 15.3 Å². The van der Waals surface area contributed by atoms with Gasteiger partial charge >= 0.3 is 0 Å². The lowest BCUT2D eigenvalue weighted by molar-refractivity contribution is 0.203. The fourth-order valence-electron chi connectivity index (χ4n) is 3.07. The van der Waals surface area contributed by atoms with E-state index in [2.05, 4.69) is 34.5 Å². The van der Waals surface area contributed by atoms with Crippen LogP contribution in [0.5, 0.6) is 0 Å². The van der Waals surface area contributed by atoms with Gasteiger partial charge in [-0.2, -0.15) is 0 Å². The number of piperidine rings is 1. The SMILES string of the molecule is OCC1CCN(c2ccc(CNC3CCC3)cc2)CC1. The third-order valence-electron chi connectivity index (χ3n) is 4.87. The molecule has 2 fully saturated rings. The molecule has 0 atom stereocenters. The standard InChI is InChI=1S/C17H26N2O/c20-13-15-8-10-19(11-9-15)17-6-4-14(5-7-17)12-18-16-2-1-3-16/h4-7,15-16,18,20H,1-3,8-13H2. The summed E-state index contributed by atoms with van der Waals surface area (Å²) in [6.45, 7) is 3.49. The lowest BCUT2D eigenvalue weighted by Crippen LogP contribution is -2.35. The Kier molecular flexibility index (Phi) is 4.58. The molecule has 110 valence electrons. The molecule has 0 aromatic heterocycles. The Balaban J connectivity index is 1.50. The van der Waals surface area contributed by atoms with Gasteiger partial charge in [-0.1, -0.05) is 18.6 Å². The number of anilines is 1. The van der Waals surface area contributed by atoms with Crippen LogP contribution in [0.2, 0.25) is 0 Å². The molecule has 20 heavy (non-hydrogen) atoms. The molecule has 1 saturated heterocycles. The second-order valence-corrected chi connectivity index (χ2v) is 6.29. The van der Waals surface area contributed by atoms with Crippen molar-refractivity contribution in [3.8, 4) is 0 Å². The number of hydrogen-bond acceptors (Lipinski definition) is 3. The van der Waals surface area contributed by atoms with Crippen LogP contribution in [0.1, 0.15) is 37.7 Å². The van der Waals surface area contributed by atoms with E-state index in [9.17, 15) is 5.11 Å². The zero-order valence-electron chi connectivity index (χ0n) is 12.2. The fourth-order valence-corrected chi connectivity index (χ4v) is 3.07. The molecule has 1 heterocycles. The van der Waals surface area contributed by atoms with Gasteiger partial charge in [0.1, 0.15) is 0 Å². The first kappa shape index (κ1) is 13.9. The molecule has 2 aliphatic rings. The van der Waals surface area contributed by atoms with Crippen molar-refractivity contribution in [3.05, 3.63) is 29.8 Å². The van der Waals surface area contributed by atoms with Crippen LogP contribution < -0.4 is 10.2 Å². The van der Waals surface area contributed by atoms with Crippen molar-refractivity contribution in [2.75, 3.05) is 24.6 Å². The van der Waals surface area contributed by atoms with Gasteiger partial charge in [-0.15, -0.1) is 0 Å². The van der Waals surface area contributed by atoms with Crippen molar-refractivity contribution < 1.29 is 5.11 Å². The molecule has 0 spiro atoms. The monoisotopic (exact) mass is 274 g/mol.